The zero-order valence-electron chi connectivity index (χ0n) is 12.6. The summed E-state index contributed by atoms with van der Waals surface area (Å²) < 4.78 is 5.40. The number of benzene rings is 1. The third kappa shape index (κ3) is 3.91. The van der Waals surface area contributed by atoms with Crippen LogP contribution >= 0.6 is 0 Å². The summed E-state index contributed by atoms with van der Waals surface area (Å²) in [5.41, 5.74) is 2.60. The fraction of sp³-hybridized carbons (Fsp3) is 0.529. The SMILES string of the molecule is Cc1ccc(CCc2nc(C3CCCCCN3)no2)cc1. The van der Waals surface area contributed by atoms with E-state index < -0.39 is 0 Å². The molecule has 0 amide bonds. The van der Waals surface area contributed by atoms with Gasteiger partial charge < -0.3 is 9.84 Å². The van der Waals surface area contributed by atoms with Gasteiger partial charge in [-0.2, -0.15) is 4.98 Å². The summed E-state index contributed by atoms with van der Waals surface area (Å²) in [5, 5.41) is 7.67. The Morgan fingerprint density at radius 2 is 2.00 bits per heavy atom. The molecule has 21 heavy (non-hydrogen) atoms. The van der Waals surface area contributed by atoms with Gasteiger partial charge in [-0.1, -0.05) is 47.8 Å². The van der Waals surface area contributed by atoms with Gasteiger partial charge >= 0.3 is 0 Å². The third-order valence-corrected chi connectivity index (χ3v) is 4.10. The smallest absolute Gasteiger partial charge is 0.227 e. The zero-order valence-corrected chi connectivity index (χ0v) is 12.6. The first kappa shape index (κ1) is 14.3. The summed E-state index contributed by atoms with van der Waals surface area (Å²) >= 11 is 0. The highest BCUT2D eigenvalue weighted by molar-refractivity contribution is 5.21. The van der Waals surface area contributed by atoms with Gasteiger partial charge in [0.05, 0.1) is 6.04 Å². The standard InChI is InChI=1S/C17H23N3O/c1-13-6-8-14(9-7-13)10-11-16-19-17(20-21-16)15-5-3-2-4-12-18-15/h6-9,15,18H,2-5,10-12H2,1H3. The maximum absolute atomic E-state index is 5.40. The van der Waals surface area contributed by atoms with Crippen LogP contribution in [0.2, 0.25) is 0 Å². The number of rotatable bonds is 4. The van der Waals surface area contributed by atoms with E-state index in [9.17, 15) is 0 Å². The van der Waals surface area contributed by atoms with Crippen molar-refractivity contribution in [1.29, 1.82) is 0 Å². The van der Waals surface area contributed by atoms with Gasteiger partial charge in [-0.05, 0) is 38.3 Å². The van der Waals surface area contributed by atoms with Crippen molar-refractivity contribution in [3.8, 4) is 0 Å². The Bertz CT molecular complexity index is 554. The van der Waals surface area contributed by atoms with Crippen LogP contribution in [0.5, 0.6) is 0 Å². The Labute approximate surface area is 126 Å². The monoisotopic (exact) mass is 285 g/mol. The quantitative estimate of drug-likeness (QED) is 0.935. The van der Waals surface area contributed by atoms with Crippen molar-refractivity contribution in [2.24, 2.45) is 0 Å². The minimum atomic E-state index is 0.268. The molecule has 1 saturated heterocycles. The van der Waals surface area contributed by atoms with Gasteiger partial charge in [0.2, 0.25) is 5.89 Å². The molecule has 1 fully saturated rings. The number of aromatic nitrogens is 2. The van der Waals surface area contributed by atoms with Crippen LogP contribution in [0.15, 0.2) is 28.8 Å². The molecule has 1 unspecified atom stereocenters. The van der Waals surface area contributed by atoms with E-state index in [0.717, 1.165) is 37.5 Å². The summed E-state index contributed by atoms with van der Waals surface area (Å²) in [6.07, 6.45) is 6.64. The number of aryl methyl sites for hydroxylation is 3. The van der Waals surface area contributed by atoms with Crippen LogP contribution in [0.4, 0.5) is 0 Å². The van der Waals surface area contributed by atoms with Gasteiger partial charge in [-0.25, -0.2) is 0 Å². The van der Waals surface area contributed by atoms with Gasteiger partial charge in [-0.15, -0.1) is 0 Å². The van der Waals surface area contributed by atoms with Crippen molar-refractivity contribution in [3.63, 3.8) is 0 Å². The molecule has 2 heterocycles. The minimum Gasteiger partial charge on any atom is -0.339 e. The molecular weight excluding hydrogens is 262 g/mol. The Morgan fingerprint density at radius 1 is 1.14 bits per heavy atom. The predicted octanol–water partition coefficient (Wildman–Crippen LogP) is 3.37. The average molecular weight is 285 g/mol. The van der Waals surface area contributed by atoms with Crippen molar-refractivity contribution in [3.05, 3.63) is 47.1 Å². The van der Waals surface area contributed by atoms with Crippen LogP contribution in [0.1, 0.15) is 54.6 Å². The van der Waals surface area contributed by atoms with Crippen molar-refractivity contribution in [2.75, 3.05) is 6.54 Å². The van der Waals surface area contributed by atoms with E-state index in [0.29, 0.717) is 0 Å². The van der Waals surface area contributed by atoms with Crippen LogP contribution in [0.25, 0.3) is 0 Å². The summed E-state index contributed by atoms with van der Waals surface area (Å²) in [5.74, 6) is 1.58. The second-order valence-corrected chi connectivity index (χ2v) is 5.89. The van der Waals surface area contributed by atoms with Gasteiger partial charge in [0, 0.05) is 6.42 Å². The summed E-state index contributed by atoms with van der Waals surface area (Å²) in [7, 11) is 0. The lowest BCUT2D eigenvalue weighted by Gasteiger charge is -2.09. The summed E-state index contributed by atoms with van der Waals surface area (Å²) in [4.78, 5) is 4.57. The molecule has 0 aliphatic carbocycles. The molecule has 0 spiro atoms. The second kappa shape index (κ2) is 6.85. The number of nitrogens with one attached hydrogen (secondary N) is 1. The van der Waals surface area contributed by atoms with Crippen LogP contribution in [-0.2, 0) is 12.8 Å². The van der Waals surface area contributed by atoms with Crippen LogP contribution in [0.3, 0.4) is 0 Å². The van der Waals surface area contributed by atoms with Gasteiger partial charge in [-0.3, -0.25) is 0 Å². The Kier molecular flexibility index (Phi) is 4.65. The molecule has 1 aliphatic heterocycles. The predicted molar refractivity (Wildman–Crippen MR) is 82.1 cm³/mol. The van der Waals surface area contributed by atoms with E-state index in [4.69, 9.17) is 4.52 Å². The van der Waals surface area contributed by atoms with E-state index in [1.165, 1.54) is 30.4 Å². The lowest BCUT2D eigenvalue weighted by Crippen LogP contribution is -2.21. The van der Waals surface area contributed by atoms with Crippen LogP contribution in [-0.4, -0.2) is 16.7 Å². The minimum absolute atomic E-state index is 0.268. The van der Waals surface area contributed by atoms with E-state index in [2.05, 4.69) is 46.6 Å². The highest BCUT2D eigenvalue weighted by Crippen LogP contribution is 2.20. The van der Waals surface area contributed by atoms with Crippen LogP contribution in [0, 0.1) is 6.92 Å². The maximum Gasteiger partial charge on any atom is 0.227 e. The molecular formula is C17H23N3O. The summed E-state index contributed by atoms with van der Waals surface area (Å²) in [6, 6.07) is 8.89. The van der Waals surface area contributed by atoms with Crippen molar-refractivity contribution < 1.29 is 4.52 Å². The molecule has 3 rings (SSSR count). The Balaban J connectivity index is 1.58. The fourth-order valence-electron chi connectivity index (χ4n) is 2.77. The molecule has 1 N–H and O–H groups in total. The zero-order chi connectivity index (χ0) is 14.5. The molecule has 4 heteroatoms. The number of nitrogens with zero attached hydrogens (tertiary/aromatic N) is 2. The van der Waals surface area contributed by atoms with Crippen molar-refractivity contribution in [2.45, 2.75) is 51.5 Å². The lowest BCUT2D eigenvalue weighted by molar-refractivity contribution is 0.364. The van der Waals surface area contributed by atoms with E-state index >= 15 is 0 Å². The van der Waals surface area contributed by atoms with Crippen molar-refractivity contribution >= 4 is 0 Å². The lowest BCUT2D eigenvalue weighted by atomic mass is 10.1. The molecule has 1 aromatic carbocycles. The topological polar surface area (TPSA) is 51.0 Å². The Hall–Kier alpha value is -1.68. The molecule has 1 atom stereocenters. The highest BCUT2D eigenvalue weighted by atomic mass is 16.5. The van der Waals surface area contributed by atoms with Crippen molar-refractivity contribution in [1.82, 2.24) is 15.5 Å². The average Bonchev–Trinajstić information content (AvgIpc) is 2.80. The second-order valence-electron chi connectivity index (χ2n) is 5.89. The van der Waals surface area contributed by atoms with Gasteiger partial charge in [0.25, 0.3) is 0 Å². The van der Waals surface area contributed by atoms with Gasteiger partial charge in [0.15, 0.2) is 5.82 Å². The molecule has 0 bridgehead atoms. The molecule has 1 aromatic heterocycles. The molecule has 0 radical (unpaired) electrons. The van der Waals surface area contributed by atoms with E-state index in [-0.39, 0.29) is 6.04 Å². The first-order valence-electron chi connectivity index (χ1n) is 7.93. The van der Waals surface area contributed by atoms with E-state index in [1.807, 2.05) is 0 Å². The van der Waals surface area contributed by atoms with Crippen LogP contribution < -0.4 is 5.32 Å². The molecule has 1 aliphatic rings. The number of hydrogen-bond acceptors (Lipinski definition) is 4. The third-order valence-electron chi connectivity index (χ3n) is 4.10. The maximum atomic E-state index is 5.40. The molecule has 4 nitrogen and oxygen atoms in total. The molecule has 2 aromatic rings. The summed E-state index contributed by atoms with van der Waals surface area (Å²) in [6.45, 7) is 3.16. The molecule has 112 valence electrons. The number of hydrogen-bond donors (Lipinski definition) is 1. The fourth-order valence-corrected chi connectivity index (χ4v) is 2.77. The van der Waals surface area contributed by atoms with E-state index in [1.54, 1.807) is 0 Å². The normalized spacial score (nSPS) is 19.4. The molecule has 0 saturated carbocycles. The highest BCUT2D eigenvalue weighted by Gasteiger charge is 2.19. The largest absolute Gasteiger partial charge is 0.339 e. The van der Waals surface area contributed by atoms with Gasteiger partial charge in [0.1, 0.15) is 0 Å². The Morgan fingerprint density at radius 3 is 2.86 bits per heavy atom. The first-order valence-corrected chi connectivity index (χ1v) is 7.93. The first-order chi connectivity index (χ1) is 10.3.